The lowest BCUT2D eigenvalue weighted by Crippen LogP contribution is -2.36. The fourth-order valence-corrected chi connectivity index (χ4v) is 3.89. The Bertz CT molecular complexity index is 691. The van der Waals surface area contributed by atoms with Crippen molar-refractivity contribution < 1.29 is 8.42 Å². The first-order valence-electron chi connectivity index (χ1n) is 6.54. The van der Waals surface area contributed by atoms with Gasteiger partial charge in [0.25, 0.3) is 10.0 Å². The van der Waals surface area contributed by atoms with E-state index < -0.39 is 10.0 Å². The average molecular weight is 276 g/mol. The highest BCUT2D eigenvalue weighted by Gasteiger charge is 2.27. The fraction of sp³-hybridized carbons (Fsp3) is 0.357. The molecule has 0 N–H and O–H groups in total. The third-order valence-corrected chi connectivity index (χ3v) is 5.29. The van der Waals surface area contributed by atoms with Crippen LogP contribution in [0, 0.1) is 0 Å². The molecular formula is C14H16N2O2S. The Labute approximate surface area is 113 Å². The first-order chi connectivity index (χ1) is 9.18. The van der Waals surface area contributed by atoms with Crippen molar-refractivity contribution in [1.29, 1.82) is 0 Å². The highest BCUT2D eigenvalue weighted by Crippen LogP contribution is 2.21. The molecule has 0 spiro atoms. The van der Waals surface area contributed by atoms with E-state index in [1.807, 2.05) is 30.3 Å². The fourth-order valence-electron chi connectivity index (χ4n) is 2.43. The van der Waals surface area contributed by atoms with Gasteiger partial charge in [-0.25, -0.2) is 13.4 Å². The maximum Gasteiger partial charge on any atom is 0.260 e. The Morgan fingerprint density at radius 1 is 0.947 bits per heavy atom. The van der Waals surface area contributed by atoms with Crippen molar-refractivity contribution >= 4 is 20.9 Å². The lowest BCUT2D eigenvalue weighted by molar-refractivity contribution is 0.345. The number of aromatic nitrogens is 1. The van der Waals surface area contributed by atoms with Gasteiger partial charge in [-0.15, -0.1) is 0 Å². The predicted molar refractivity (Wildman–Crippen MR) is 74.4 cm³/mol. The zero-order valence-electron chi connectivity index (χ0n) is 10.6. The molecule has 5 heteroatoms. The van der Waals surface area contributed by atoms with E-state index in [-0.39, 0.29) is 5.03 Å². The molecule has 0 amide bonds. The van der Waals surface area contributed by atoms with Crippen LogP contribution in [0.4, 0.5) is 0 Å². The highest BCUT2D eigenvalue weighted by molar-refractivity contribution is 7.89. The number of fused-ring (bicyclic) bond motifs is 1. The van der Waals surface area contributed by atoms with Crippen molar-refractivity contribution in [3.8, 4) is 0 Å². The van der Waals surface area contributed by atoms with Gasteiger partial charge in [0.1, 0.15) is 0 Å². The van der Waals surface area contributed by atoms with Crippen molar-refractivity contribution in [3.63, 3.8) is 0 Å². The van der Waals surface area contributed by atoms with Gasteiger partial charge in [-0.1, -0.05) is 24.6 Å². The maximum atomic E-state index is 12.5. The summed E-state index contributed by atoms with van der Waals surface area (Å²) < 4.78 is 26.5. The molecule has 0 saturated carbocycles. The van der Waals surface area contributed by atoms with Crippen LogP contribution in [0.5, 0.6) is 0 Å². The molecule has 100 valence electrons. The smallest absolute Gasteiger partial charge is 0.235 e. The van der Waals surface area contributed by atoms with Crippen LogP contribution in [0.2, 0.25) is 0 Å². The molecule has 1 aliphatic rings. The predicted octanol–water partition coefficient (Wildman–Crippen LogP) is 2.41. The molecule has 2 heterocycles. The zero-order chi connectivity index (χ0) is 13.3. The summed E-state index contributed by atoms with van der Waals surface area (Å²) in [5, 5.41) is 1.12. The molecule has 1 saturated heterocycles. The minimum absolute atomic E-state index is 0.160. The quantitative estimate of drug-likeness (QED) is 0.846. The summed E-state index contributed by atoms with van der Waals surface area (Å²) in [4.78, 5) is 4.29. The van der Waals surface area contributed by atoms with E-state index in [1.165, 1.54) is 0 Å². The summed E-state index contributed by atoms with van der Waals surface area (Å²) in [7, 11) is -3.43. The third kappa shape index (κ3) is 2.35. The van der Waals surface area contributed by atoms with E-state index in [2.05, 4.69) is 4.98 Å². The summed E-state index contributed by atoms with van der Waals surface area (Å²) in [6.45, 7) is 1.22. The Hall–Kier alpha value is -1.46. The molecule has 1 aliphatic heterocycles. The van der Waals surface area contributed by atoms with E-state index >= 15 is 0 Å². The maximum absolute atomic E-state index is 12.5. The molecule has 4 nitrogen and oxygen atoms in total. The number of pyridine rings is 1. The van der Waals surface area contributed by atoms with Gasteiger partial charge < -0.3 is 0 Å². The minimum Gasteiger partial charge on any atom is -0.235 e. The van der Waals surface area contributed by atoms with Crippen LogP contribution >= 0.6 is 0 Å². The largest absolute Gasteiger partial charge is 0.260 e. The Morgan fingerprint density at radius 3 is 2.47 bits per heavy atom. The van der Waals surface area contributed by atoms with Crippen LogP contribution in [0.25, 0.3) is 10.9 Å². The van der Waals surface area contributed by atoms with Crippen molar-refractivity contribution in [3.05, 3.63) is 36.4 Å². The second-order valence-electron chi connectivity index (χ2n) is 4.81. The topological polar surface area (TPSA) is 50.3 Å². The van der Waals surface area contributed by atoms with Gasteiger partial charge >= 0.3 is 0 Å². The number of hydrogen-bond acceptors (Lipinski definition) is 3. The summed E-state index contributed by atoms with van der Waals surface area (Å²) in [5.41, 5.74) is 0.723. The highest BCUT2D eigenvalue weighted by atomic mass is 32.2. The minimum atomic E-state index is -3.43. The monoisotopic (exact) mass is 276 g/mol. The van der Waals surface area contributed by atoms with Gasteiger partial charge in [-0.05, 0) is 31.0 Å². The summed E-state index contributed by atoms with van der Waals surface area (Å²) in [5.74, 6) is 0. The normalized spacial score (nSPS) is 17.7. The van der Waals surface area contributed by atoms with Gasteiger partial charge in [-0.3, -0.25) is 0 Å². The molecule has 1 aromatic heterocycles. The van der Waals surface area contributed by atoms with Gasteiger partial charge in [0, 0.05) is 18.5 Å². The van der Waals surface area contributed by atoms with E-state index in [1.54, 1.807) is 10.4 Å². The van der Waals surface area contributed by atoms with Crippen LogP contribution in [-0.4, -0.2) is 30.8 Å². The molecule has 2 aromatic rings. The lowest BCUT2D eigenvalue weighted by Gasteiger charge is -2.25. The Kier molecular flexibility index (Phi) is 3.24. The molecule has 0 atom stereocenters. The van der Waals surface area contributed by atoms with E-state index in [4.69, 9.17) is 0 Å². The Morgan fingerprint density at radius 2 is 1.68 bits per heavy atom. The summed E-state index contributed by atoms with van der Waals surface area (Å²) in [6.07, 6.45) is 2.98. The van der Waals surface area contributed by atoms with Crippen molar-refractivity contribution in [1.82, 2.24) is 9.29 Å². The first kappa shape index (κ1) is 12.6. The number of sulfonamides is 1. The number of hydrogen-bond donors (Lipinski definition) is 0. The lowest BCUT2D eigenvalue weighted by atomic mass is 10.2. The number of rotatable bonds is 2. The molecule has 1 fully saturated rings. The van der Waals surface area contributed by atoms with Crippen LogP contribution in [0.1, 0.15) is 19.3 Å². The number of piperidine rings is 1. The molecule has 0 unspecified atom stereocenters. The number of benzene rings is 1. The summed E-state index contributed by atoms with van der Waals surface area (Å²) in [6, 6.07) is 11.0. The average Bonchev–Trinajstić information content (AvgIpc) is 2.47. The molecule has 3 rings (SSSR count). The van der Waals surface area contributed by atoms with Gasteiger partial charge in [-0.2, -0.15) is 4.31 Å². The molecule has 0 bridgehead atoms. The molecular weight excluding hydrogens is 260 g/mol. The van der Waals surface area contributed by atoms with E-state index in [0.717, 1.165) is 30.2 Å². The van der Waals surface area contributed by atoms with Crippen LogP contribution in [0.3, 0.4) is 0 Å². The number of nitrogens with zero attached hydrogens (tertiary/aromatic N) is 2. The van der Waals surface area contributed by atoms with Crippen molar-refractivity contribution in [2.24, 2.45) is 0 Å². The SMILES string of the molecule is O=S(=O)(c1ccc2ccccc2n1)N1CCCCC1. The van der Waals surface area contributed by atoms with Gasteiger partial charge in [0.2, 0.25) is 0 Å². The zero-order valence-corrected chi connectivity index (χ0v) is 11.4. The van der Waals surface area contributed by atoms with Crippen LogP contribution < -0.4 is 0 Å². The molecule has 0 radical (unpaired) electrons. The van der Waals surface area contributed by atoms with E-state index in [9.17, 15) is 8.42 Å². The van der Waals surface area contributed by atoms with Crippen molar-refractivity contribution in [2.75, 3.05) is 13.1 Å². The second kappa shape index (κ2) is 4.90. The summed E-state index contributed by atoms with van der Waals surface area (Å²) >= 11 is 0. The molecule has 0 aliphatic carbocycles. The van der Waals surface area contributed by atoms with E-state index in [0.29, 0.717) is 13.1 Å². The third-order valence-electron chi connectivity index (χ3n) is 3.49. The molecule has 19 heavy (non-hydrogen) atoms. The number of para-hydroxylation sites is 1. The van der Waals surface area contributed by atoms with Crippen LogP contribution in [-0.2, 0) is 10.0 Å². The van der Waals surface area contributed by atoms with Gasteiger partial charge in [0.15, 0.2) is 5.03 Å². The first-order valence-corrected chi connectivity index (χ1v) is 7.98. The van der Waals surface area contributed by atoms with Crippen LogP contribution in [0.15, 0.2) is 41.4 Å². The molecule has 1 aromatic carbocycles. The Balaban J connectivity index is 2.02. The second-order valence-corrected chi connectivity index (χ2v) is 6.69. The standard InChI is InChI=1S/C14H16N2O2S/c17-19(18,16-10-4-1-5-11-16)14-9-8-12-6-2-3-7-13(12)15-14/h2-3,6-9H,1,4-5,10-11H2. The van der Waals surface area contributed by atoms with Gasteiger partial charge in [0.05, 0.1) is 5.52 Å². The van der Waals surface area contributed by atoms with Crippen molar-refractivity contribution in [2.45, 2.75) is 24.3 Å².